The van der Waals surface area contributed by atoms with Gasteiger partial charge in [-0.2, -0.15) is 0 Å². The first-order valence-electron chi connectivity index (χ1n) is 14.1. The smallest absolute Gasteiger partial charge is 0.0555 e. The lowest BCUT2D eigenvalue weighted by molar-refractivity contribution is 1.30. The fourth-order valence-corrected chi connectivity index (χ4v) is 7.06. The van der Waals surface area contributed by atoms with Gasteiger partial charge >= 0.3 is 0 Å². The van der Waals surface area contributed by atoms with Crippen molar-refractivity contribution in [3.05, 3.63) is 158 Å². The molecule has 0 fully saturated rings. The lowest BCUT2D eigenvalue weighted by Gasteiger charge is -2.27. The number of aromatic nitrogens is 1. The zero-order valence-electron chi connectivity index (χ0n) is 22.8. The van der Waals surface area contributed by atoms with E-state index in [0.717, 1.165) is 17.1 Å². The summed E-state index contributed by atoms with van der Waals surface area (Å²) in [6, 6.07) is 52.3. The Kier molecular flexibility index (Phi) is 6.02. The number of hydrogen-bond donors (Lipinski definition) is 0. The van der Waals surface area contributed by atoms with E-state index in [0.29, 0.717) is 0 Å². The first-order chi connectivity index (χ1) is 20.8. The first-order valence-corrected chi connectivity index (χ1v) is 14.9. The summed E-state index contributed by atoms with van der Waals surface area (Å²) in [6.45, 7) is 0. The highest BCUT2D eigenvalue weighted by molar-refractivity contribution is 7.25. The number of thiophene rings is 1. The molecule has 2 heterocycles. The van der Waals surface area contributed by atoms with Crippen molar-refractivity contribution in [2.24, 2.45) is 0 Å². The van der Waals surface area contributed by atoms with Crippen LogP contribution in [0.1, 0.15) is 0 Å². The van der Waals surface area contributed by atoms with E-state index in [9.17, 15) is 0 Å². The molecule has 0 aliphatic carbocycles. The van der Waals surface area contributed by atoms with Crippen LogP contribution in [0, 0.1) is 0 Å². The third kappa shape index (κ3) is 4.23. The molecule has 8 rings (SSSR count). The summed E-state index contributed by atoms with van der Waals surface area (Å²) in [4.78, 5) is 6.86. The fourth-order valence-electron chi connectivity index (χ4n) is 5.97. The number of rotatable bonds is 5. The molecule has 0 radical (unpaired) electrons. The van der Waals surface area contributed by atoms with E-state index in [2.05, 4.69) is 155 Å². The van der Waals surface area contributed by atoms with E-state index >= 15 is 0 Å². The molecule has 0 saturated carbocycles. The highest BCUT2D eigenvalue weighted by atomic mass is 32.1. The van der Waals surface area contributed by atoms with Crippen molar-refractivity contribution >= 4 is 59.3 Å². The van der Waals surface area contributed by atoms with Crippen LogP contribution >= 0.6 is 11.3 Å². The molecule has 6 aromatic carbocycles. The van der Waals surface area contributed by atoms with Crippen molar-refractivity contribution in [2.45, 2.75) is 0 Å². The molecule has 2 aromatic heterocycles. The van der Waals surface area contributed by atoms with Crippen LogP contribution in [0.2, 0.25) is 0 Å². The predicted octanol–water partition coefficient (Wildman–Crippen LogP) is 11.4. The largest absolute Gasteiger partial charge is 0.310 e. The summed E-state index contributed by atoms with van der Waals surface area (Å²) in [6.07, 6.45) is 3.88. The van der Waals surface area contributed by atoms with Gasteiger partial charge in [0.1, 0.15) is 0 Å². The van der Waals surface area contributed by atoms with Gasteiger partial charge in [0.05, 0.1) is 5.69 Å². The van der Waals surface area contributed by atoms with E-state index in [1.54, 1.807) is 0 Å². The van der Waals surface area contributed by atoms with Gasteiger partial charge in [0, 0.05) is 43.9 Å². The van der Waals surface area contributed by atoms with Crippen molar-refractivity contribution in [3.63, 3.8) is 0 Å². The second-order valence-corrected chi connectivity index (χ2v) is 11.5. The van der Waals surface area contributed by atoms with Crippen molar-refractivity contribution in [3.8, 4) is 22.3 Å². The van der Waals surface area contributed by atoms with Gasteiger partial charge in [-0.1, -0.05) is 103 Å². The maximum absolute atomic E-state index is 4.48. The summed E-state index contributed by atoms with van der Waals surface area (Å²) in [5, 5.41) is 4.94. The Morgan fingerprint density at radius 1 is 0.476 bits per heavy atom. The molecule has 3 heteroatoms. The zero-order chi connectivity index (χ0) is 27.9. The number of benzene rings is 6. The molecular weight excluding hydrogens is 529 g/mol. The van der Waals surface area contributed by atoms with Gasteiger partial charge in [0.2, 0.25) is 0 Å². The Morgan fingerprint density at radius 3 is 1.95 bits per heavy atom. The maximum Gasteiger partial charge on any atom is 0.0555 e. The van der Waals surface area contributed by atoms with Gasteiger partial charge in [-0.05, 0) is 75.5 Å². The van der Waals surface area contributed by atoms with Crippen molar-refractivity contribution in [2.75, 3.05) is 4.90 Å². The maximum atomic E-state index is 4.48. The highest BCUT2D eigenvalue weighted by Gasteiger charge is 2.19. The Bertz CT molecular complexity index is 2170. The first kappa shape index (κ1) is 24.5. The standard InChI is InChI=1S/C39H26N2S/c1-2-8-27(9-3-1)28-16-20-31(21-17-28)41(36-14-7-15-38-39(36)35-26-40-25-24-37(35)42-38)32-22-18-30(19-23-32)34-13-6-11-29-10-4-5-12-33(29)34/h1-26H. The number of nitrogens with zero attached hydrogens (tertiary/aromatic N) is 2. The number of fused-ring (bicyclic) bond motifs is 4. The minimum Gasteiger partial charge on any atom is -0.310 e. The molecule has 0 unspecified atom stereocenters. The van der Waals surface area contributed by atoms with Gasteiger partial charge < -0.3 is 4.90 Å². The molecule has 0 amide bonds. The Labute approximate surface area is 248 Å². The quantitative estimate of drug-likeness (QED) is 0.210. The second-order valence-electron chi connectivity index (χ2n) is 10.4. The summed E-state index contributed by atoms with van der Waals surface area (Å²) in [5.41, 5.74) is 8.25. The Hall–Kier alpha value is -5.25. The minimum absolute atomic E-state index is 1.11. The van der Waals surface area contributed by atoms with Gasteiger partial charge in [0.25, 0.3) is 0 Å². The summed E-state index contributed by atoms with van der Waals surface area (Å²) < 4.78 is 2.51. The summed E-state index contributed by atoms with van der Waals surface area (Å²) >= 11 is 1.82. The molecule has 0 aliphatic rings. The lowest BCUT2D eigenvalue weighted by atomic mass is 9.98. The number of pyridine rings is 1. The van der Waals surface area contributed by atoms with E-state index in [1.807, 2.05) is 23.7 Å². The molecule has 42 heavy (non-hydrogen) atoms. The monoisotopic (exact) mass is 554 g/mol. The van der Waals surface area contributed by atoms with Crippen LogP contribution in [0.25, 0.3) is 53.2 Å². The van der Waals surface area contributed by atoms with E-state index < -0.39 is 0 Å². The minimum atomic E-state index is 1.11. The topological polar surface area (TPSA) is 16.1 Å². The SMILES string of the molecule is c1ccc(-c2ccc(N(c3ccc(-c4cccc5ccccc45)cc3)c3cccc4sc5ccncc5c34)cc2)cc1. The Morgan fingerprint density at radius 2 is 1.14 bits per heavy atom. The molecule has 0 bridgehead atoms. The molecule has 2 nitrogen and oxygen atoms in total. The molecule has 0 spiro atoms. The normalized spacial score (nSPS) is 11.3. The van der Waals surface area contributed by atoms with Crippen LogP contribution in [-0.4, -0.2) is 4.98 Å². The lowest BCUT2D eigenvalue weighted by Crippen LogP contribution is -2.10. The number of anilines is 3. The second kappa shape index (κ2) is 10.3. The molecule has 8 aromatic rings. The predicted molar refractivity (Wildman–Crippen MR) is 180 cm³/mol. The van der Waals surface area contributed by atoms with Crippen LogP contribution in [0.3, 0.4) is 0 Å². The molecule has 0 atom stereocenters. The Balaban J connectivity index is 1.29. The third-order valence-electron chi connectivity index (χ3n) is 7.97. The molecule has 0 saturated heterocycles. The van der Waals surface area contributed by atoms with Crippen molar-refractivity contribution in [1.29, 1.82) is 0 Å². The van der Waals surface area contributed by atoms with Crippen molar-refractivity contribution < 1.29 is 0 Å². The molecular formula is C39H26N2S. The van der Waals surface area contributed by atoms with E-state index in [1.165, 1.54) is 53.2 Å². The van der Waals surface area contributed by atoms with Crippen LogP contribution in [0.4, 0.5) is 17.1 Å². The number of hydrogen-bond acceptors (Lipinski definition) is 3. The van der Waals surface area contributed by atoms with Crippen LogP contribution < -0.4 is 4.90 Å². The fraction of sp³-hybridized carbons (Fsp3) is 0. The average Bonchev–Trinajstić information content (AvgIpc) is 3.45. The molecule has 198 valence electrons. The van der Waals surface area contributed by atoms with Gasteiger partial charge in [-0.25, -0.2) is 0 Å². The summed E-state index contributed by atoms with van der Waals surface area (Å²) in [5.74, 6) is 0. The van der Waals surface area contributed by atoms with E-state index in [4.69, 9.17) is 0 Å². The van der Waals surface area contributed by atoms with Gasteiger partial charge in [-0.3, -0.25) is 4.98 Å². The van der Waals surface area contributed by atoms with Crippen LogP contribution in [0.15, 0.2) is 158 Å². The molecule has 0 N–H and O–H groups in total. The van der Waals surface area contributed by atoms with Crippen LogP contribution in [-0.2, 0) is 0 Å². The third-order valence-corrected chi connectivity index (χ3v) is 9.11. The van der Waals surface area contributed by atoms with Gasteiger partial charge in [0.15, 0.2) is 0 Å². The van der Waals surface area contributed by atoms with Gasteiger partial charge in [-0.15, -0.1) is 11.3 Å². The zero-order valence-corrected chi connectivity index (χ0v) is 23.6. The molecule has 0 aliphatic heterocycles. The van der Waals surface area contributed by atoms with Crippen molar-refractivity contribution in [1.82, 2.24) is 4.98 Å². The van der Waals surface area contributed by atoms with E-state index in [-0.39, 0.29) is 0 Å². The highest BCUT2D eigenvalue weighted by Crippen LogP contribution is 2.45. The summed E-state index contributed by atoms with van der Waals surface area (Å²) in [7, 11) is 0. The average molecular weight is 555 g/mol. The van der Waals surface area contributed by atoms with Crippen LogP contribution in [0.5, 0.6) is 0 Å².